The molecule has 0 aliphatic heterocycles. The lowest BCUT2D eigenvalue weighted by Crippen LogP contribution is -2.30. The lowest BCUT2D eigenvalue weighted by molar-refractivity contribution is -0.161. The number of carbonyl (C=O) groups is 4. The molecule has 0 bridgehead atoms. The van der Waals surface area contributed by atoms with E-state index in [1.54, 1.807) is 0 Å². The van der Waals surface area contributed by atoms with Gasteiger partial charge in [0, 0.05) is 25.7 Å². The third-order valence-corrected chi connectivity index (χ3v) is 19.1. The van der Waals surface area contributed by atoms with E-state index in [0.29, 0.717) is 25.7 Å². The van der Waals surface area contributed by atoms with Crippen LogP contribution in [0.1, 0.15) is 382 Å². The summed E-state index contributed by atoms with van der Waals surface area (Å²) in [5, 5.41) is 10.6. The zero-order chi connectivity index (χ0) is 68.6. The molecule has 17 nitrogen and oxygen atoms in total. The number of rotatable bonds is 73. The van der Waals surface area contributed by atoms with E-state index in [1.165, 1.54) is 199 Å². The zero-order valence-electron chi connectivity index (χ0n) is 60.6. The fourth-order valence-electron chi connectivity index (χ4n) is 11.3. The molecule has 3 N–H and O–H groups in total. The van der Waals surface area contributed by atoms with Crippen LogP contribution < -0.4 is 0 Å². The summed E-state index contributed by atoms with van der Waals surface area (Å²) < 4.78 is 68.4. The van der Waals surface area contributed by atoms with Crippen molar-refractivity contribution in [2.24, 2.45) is 11.8 Å². The number of unbranched alkanes of at least 4 members (excludes halogenated alkanes) is 43. The minimum absolute atomic E-state index is 0.105. The number of hydrogen-bond donors (Lipinski definition) is 3. The first-order chi connectivity index (χ1) is 44.9. The molecule has 0 saturated heterocycles. The SMILES string of the molecule is CCCCCCCCCCCCCCCCCCC(=O)OC[C@H](COP(=O)(O)OC[C@@H](O)COP(=O)(O)OC[C@@H](COC(=O)CCCCCCCCCCC)OC(=O)CCCCCCCCCCC(C)C)OC(=O)CCCCCCCCCCCCCCCCC(C)C. The van der Waals surface area contributed by atoms with E-state index in [-0.39, 0.29) is 25.7 Å². The first-order valence-corrected chi connectivity index (χ1v) is 41.5. The maximum atomic E-state index is 13.1. The molecule has 0 fully saturated rings. The van der Waals surface area contributed by atoms with Gasteiger partial charge in [-0.3, -0.25) is 37.3 Å². The van der Waals surface area contributed by atoms with Crippen molar-refractivity contribution in [3.05, 3.63) is 0 Å². The van der Waals surface area contributed by atoms with Crippen LogP contribution >= 0.6 is 15.6 Å². The van der Waals surface area contributed by atoms with E-state index in [0.717, 1.165) is 102 Å². The number of ether oxygens (including phenoxy) is 4. The van der Waals surface area contributed by atoms with Gasteiger partial charge in [0.25, 0.3) is 0 Å². The predicted molar refractivity (Wildman–Crippen MR) is 377 cm³/mol. The van der Waals surface area contributed by atoms with Crippen LogP contribution in [0, 0.1) is 11.8 Å². The fraction of sp³-hybridized carbons (Fsp3) is 0.946. The van der Waals surface area contributed by atoms with E-state index in [1.807, 2.05) is 0 Å². The van der Waals surface area contributed by atoms with E-state index in [9.17, 15) is 43.2 Å². The Hall–Kier alpha value is -1.94. The average Bonchev–Trinajstić information content (AvgIpc) is 3.75. The van der Waals surface area contributed by atoms with E-state index in [2.05, 4.69) is 41.5 Å². The smallest absolute Gasteiger partial charge is 0.462 e. The summed E-state index contributed by atoms with van der Waals surface area (Å²) in [7, 11) is -9.90. The van der Waals surface area contributed by atoms with Crippen molar-refractivity contribution in [2.45, 2.75) is 400 Å². The molecule has 0 spiro atoms. The molecule has 0 aliphatic carbocycles. The third-order valence-electron chi connectivity index (χ3n) is 17.2. The second-order valence-corrected chi connectivity index (χ2v) is 30.5. The summed E-state index contributed by atoms with van der Waals surface area (Å²) in [5.74, 6) is -0.607. The number of aliphatic hydroxyl groups is 1. The standard InChI is InChI=1S/C74H144O17P2/c1-7-9-11-13-15-17-18-19-20-21-25-28-32-39-45-51-57-72(77)85-63-69(90-73(78)58-52-46-40-33-29-26-23-22-24-27-31-36-42-48-54-66(3)4)64-88-92(80,81)86-60-68(75)61-87-93(82,83)89-65-70(62-84-71(76)56-50-44-38-30-16-14-12-10-8-2)91-74(79)59-53-47-41-35-34-37-43-49-55-67(5)6/h66-70,75H,7-65H2,1-6H3,(H,80,81)(H,82,83)/t68-,69-,70-/m1/s1. The second-order valence-electron chi connectivity index (χ2n) is 27.6. The summed E-state index contributed by atoms with van der Waals surface area (Å²) in [6, 6.07) is 0. The van der Waals surface area contributed by atoms with Crippen molar-refractivity contribution in [3.63, 3.8) is 0 Å². The van der Waals surface area contributed by atoms with Crippen molar-refractivity contribution in [1.29, 1.82) is 0 Å². The van der Waals surface area contributed by atoms with Gasteiger partial charge >= 0.3 is 39.5 Å². The van der Waals surface area contributed by atoms with Crippen molar-refractivity contribution in [2.75, 3.05) is 39.6 Å². The van der Waals surface area contributed by atoms with E-state index in [4.69, 9.17) is 37.0 Å². The molecule has 0 aliphatic rings. The molecule has 552 valence electrons. The Morgan fingerprint density at radius 3 is 0.731 bits per heavy atom. The minimum atomic E-state index is -4.96. The lowest BCUT2D eigenvalue weighted by Gasteiger charge is -2.21. The minimum Gasteiger partial charge on any atom is -0.462 e. The highest BCUT2D eigenvalue weighted by Crippen LogP contribution is 2.45. The van der Waals surface area contributed by atoms with Crippen molar-refractivity contribution in [1.82, 2.24) is 0 Å². The van der Waals surface area contributed by atoms with Crippen LogP contribution in [0.4, 0.5) is 0 Å². The van der Waals surface area contributed by atoms with Gasteiger partial charge in [-0.1, -0.05) is 330 Å². The number of esters is 4. The Morgan fingerprint density at radius 1 is 0.290 bits per heavy atom. The lowest BCUT2D eigenvalue weighted by atomic mass is 10.0. The second kappa shape index (κ2) is 66.0. The summed E-state index contributed by atoms with van der Waals surface area (Å²) in [6.45, 7) is 9.55. The number of phosphoric acid groups is 2. The molecular formula is C74H144O17P2. The van der Waals surface area contributed by atoms with Gasteiger partial charge < -0.3 is 33.8 Å². The maximum absolute atomic E-state index is 13.1. The Labute approximate surface area is 568 Å². The molecule has 0 heterocycles. The molecule has 19 heteroatoms. The molecule has 0 aromatic carbocycles. The highest BCUT2D eigenvalue weighted by atomic mass is 31.2. The molecule has 0 aromatic rings. The van der Waals surface area contributed by atoms with Crippen molar-refractivity contribution >= 4 is 39.5 Å². The zero-order valence-corrected chi connectivity index (χ0v) is 62.3. The van der Waals surface area contributed by atoms with Crippen LogP contribution in [0.2, 0.25) is 0 Å². The van der Waals surface area contributed by atoms with Gasteiger partial charge in [-0.05, 0) is 37.5 Å². The van der Waals surface area contributed by atoms with Gasteiger partial charge in [-0.15, -0.1) is 0 Å². The van der Waals surface area contributed by atoms with Crippen LogP contribution in [0.15, 0.2) is 0 Å². The van der Waals surface area contributed by atoms with Gasteiger partial charge in [0.05, 0.1) is 26.4 Å². The van der Waals surface area contributed by atoms with Crippen LogP contribution in [-0.2, 0) is 65.4 Å². The van der Waals surface area contributed by atoms with Gasteiger partial charge in [-0.2, -0.15) is 0 Å². The quantitative estimate of drug-likeness (QED) is 0.0222. The Kier molecular flexibility index (Phi) is 64.6. The summed E-state index contributed by atoms with van der Waals surface area (Å²) >= 11 is 0. The fourth-order valence-corrected chi connectivity index (χ4v) is 12.9. The highest BCUT2D eigenvalue weighted by molar-refractivity contribution is 7.47. The van der Waals surface area contributed by atoms with Crippen LogP contribution in [0.25, 0.3) is 0 Å². The summed E-state index contributed by atoms with van der Waals surface area (Å²) in [4.78, 5) is 72.7. The maximum Gasteiger partial charge on any atom is 0.472 e. The highest BCUT2D eigenvalue weighted by Gasteiger charge is 2.30. The third kappa shape index (κ3) is 68.4. The molecule has 0 rings (SSSR count). The molecule has 93 heavy (non-hydrogen) atoms. The molecule has 0 aromatic heterocycles. The Morgan fingerprint density at radius 2 is 0.495 bits per heavy atom. The van der Waals surface area contributed by atoms with Gasteiger partial charge in [0.15, 0.2) is 12.2 Å². The number of phosphoric ester groups is 2. The van der Waals surface area contributed by atoms with Crippen LogP contribution in [-0.4, -0.2) is 96.7 Å². The first kappa shape index (κ1) is 91.1. The van der Waals surface area contributed by atoms with Crippen molar-refractivity contribution < 1.29 is 80.2 Å². The normalized spacial score (nSPS) is 14.1. The number of hydrogen-bond acceptors (Lipinski definition) is 15. The monoisotopic (exact) mass is 1370 g/mol. The molecule has 0 amide bonds. The van der Waals surface area contributed by atoms with E-state index >= 15 is 0 Å². The molecule has 0 radical (unpaired) electrons. The van der Waals surface area contributed by atoms with E-state index < -0.39 is 97.5 Å². The molecular weight excluding hydrogens is 1220 g/mol. The molecule has 5 atom stereocenters. The number of carbonyl (C=O) groups excluding carboxylic acids is 4. The first-order valence-electron chi connectivity index (χ1n) is 38.5. The van der Waals surface area contributed by atoms with Crippen LogP contribution in [0.3, 0.4) is 0 Å². The number of aliphatic hydroxyl groups excluding tert-OH is 1. The Balaban J connectivity index is 5.22. The Bertz CT molecular complexity index is 1800. The average molecular weight is 1370 g/mol. The molecule has 0 saturated carbocycles. The molecule has 2 unspecified atom stereocenters. The van der Waals surface area contributed by atoms with Gasteiger partial charge in [0.1, 0.15) is 19.3 Å². The topological polar surface area (TPSA) is 237 Å². The van der Waals surface area contributed by atoms with Gasteiger partial charge in [-0.25, -0.2) is 9.13 Å². The van der Waals surface area contributed by atoms with Gasteiger partial charge in [0.2, 0.25) is 0 Å². The predicted octanol–water partition coefficient (Wildman–Crippen LogP) is 21.6. The van der Waals surface area contributed by atoms with Crippen LogP contribution in [0.5, 0.6) is 0 Å². The largest absolute Gasteiger partial charge is 0.472 e. The van der Waals surface area contributed by atoms with Crippen molar-refractivity contribution in [3.8, 4) is 0 Å². The summed E-state index contributed by atoms with van der Waals surface area (Å²) in [6.07, 6.45) is 52.7. The summed E-state index contributed by atoms with van der Waals surface area (Å²) in [5.41, 5.74) is 0.